The van der Waals surface area contributed by atoms with Crippen molar-refractivity contribution in [2.45, 2.75) is 37.5 Å². The molecule has 2 N–H and O–H groups in total. The van der Waals surface area contributed by atoms with Crippen molar-refractivity contribution in [1.82, 2.24) is 14.9 Å². The summed E-state index contributed by atoms with van der Waals surface area (Å²) >= 11 is 0. The summed E-state index contributed by atoms with van der Waals surface area (Å²) < 4.78 is 5.29. The van der Waals surface area contributed by atoms with Crippen LogP contribution < -0.4 is 10.2 Å². The van der Waals surface area contributed by atoms with Gasteiger partial charge in [0.2, 0.25) is 0 Å². The number of nitrogens with one attached hydrogen (secondary N) is 1. The van der Waals surface area contributed by atoms with E-state index in [4.69, 9.17) is 4.74 Å². The lowest BCUT2D eigenvalue weighted by Crippen LogP contribution is -2.55. The van der Waals surface area contributed by atoms with E-state index in [0.29, 0.717) is 12.5 Å². The van der Waals surface area contributed by atoms with Gasteiger partial charge in [0.05, 0.1) is 19.3 Å². The maximum atomic E-state index is 11.1. The standard InChI is InChI=1S/C27H31N5O2/c33-25-15-32(12-10-24(25)31-11-9-19-3-1-2-4-21(19)14-31)27-13-26(28-18-29-27)30-23-7-5-20(6-8-23)22-16-34-17-22/h1-8,13,18,22,24-25,33H,9-12,14-17H2,(H,28,29,30)/t24-,25-/m1/s1. The molecule has 6 rings (SSSR count). The van der Waals surface area contributed by atoms with Crippen LogP contribution in [0.25, 0.3) is 0 Å². The topological polar surface area (TPSA) is 73.8 Å². The fourth-order valence-electron chi connectivity index (χ4n) is 5.36. The van der Waals surface area contributed by atoms with E-state index in [1.54, 1.807) is 6.33 Å². The molecule has 0 aliphatic carbocycles. The molecule has 3 aliphatic rings. The van der Waals surface area contributed by atoms with Crippen LogP contribution in [0.5, 0.6) is 0 Å². The Balaban J connectivity index is 1.09. The van der Waals surface area contributed by atoms with E-state index in [2.05, 4.69) is 73.6 Å². The molecule has 0 radical (unpaired) electrons. The van der Waals surface area contributed by atoms with Gasteiger partial charge in [-0.15, -0.1) is 0 Å². The summed E-state index contributed by atoms with van der Waals surface area (Å²) in [6.45, 7) is 5.01. The van der Waals surface area contributed by atoms with Crippen molar-refractivity contribution in [1.29, 1.82) is 0 Å². The molecule has 2 aromatic carbocycles. The first-order chi connectivity index (χ1) is 16.7. The summed E-state index contributed by atoms with van der Waals surface area (Å²) in [7, 11) is 0. The quantitative estimate of drug-likeness (QED) is 0.609. The van der Waals surface area contributed by atoms with Crippen molar-refractivity contribution in [2.24, 2.45) is 0 Å². The first-order valence-corrected chi connectivity index (χ1v) is 12.2. The van der Waals surface area contributed by atoms with Crippen LogP contribution in [0.2, 0.25) is 0 Å². The van der Waals surface area contributed by atoms with E-state index in [1.165, 1.54) is 16.7 Å². The van der Waals surface area contributed by atoms with Crippen molar-refractivity contribution in [2.75, 3.05) is 43.1 Å². The second kappa shape index (κ2) is 9.33. The number of rotatable bonds is 5. The summed E-state index contributed by atoms with van der Waals surface area (Å²) in [5.41, 5.74) is 5.15. The van der Waals surface area contributed by atoms with Crippen LogP contribution in [0.3, 0.4) is 0 Å². The average Bonchev–Trinajstić information content (AvgIpc) is 2.84. The van der Waals surface area contributed by atoms with Gasteiger partial charge in [-0.3, -0.25) is 4.90 Å². The number of benzene rings is 2. The SMILES string of the molecule is O[C@@H]1CN(c2cc(Nc3ccc(C4COC4)cc3)ncn2)CC[C@H]1N1CCc2ccccc2C1. The summed E-state index contributed by atoms with van der Waals surface area (Å²) in [6.07, 6.45) is 3.16. The first kappa shape index (κ1) is 21.5. The second-order valence-electron chi connectivity index (χ2n) is 9.60. The number of aliphatic hydroxyl groups excluding tert-OH is 1. The zero-order chi connectivity index (χ0) is 22.9. The molecular formula is C27H31N5O2. The Morgan fingerprint density at radius 3 is 2.56 bits per heavy atom. The molecule has 0 unspecified atom stereocenters. The Morgan fingerprint density at radius 1 is 0.971 bits per heavy atom. The fraction of sp³-hybridized carbons (Fsp3) is 0.407. The average molecular weight is 458 g/mol. The van der Waals surface area contributed by atoms with Gasteiger partial charge >= 0.3 is 0 Å². The minimum absolute atomic E-state index is 0.184. The summed E-state index contributed by atoms with van der Waals surface area (Å²) in [5.74, 6) is 2.13. The van der Waals surface area contributed by atoms with Crippen LogP contribution >= 0.6 is 0 Å². The molecular weight excluding hydrogens is 426 g/mol. The Bertz CT molecular complexity index is 1130. The minimum Gasteiger partial charge on any atom is -0.390 e. The van der Waals surface area contributed by atoms with Crippen LogP contribution in [-0.4, -0.2) is 65.0 Å². The number of anilines is 3. The number of ether oxygens (including phenoxy) is 1. The molecule has 7 nitrogen and oxygen atoms in total. The molecule has 7 heteroatoms. The predicted octanol–water partition coefficient (Wildman–Crippen LogP) is 3.33. The molecule has 2 atom stereocenters. The normalized spacial score (nSPS) is 23.3. The lowest BCUT2D eigenvalue weighted by Gasteiger charge is -2.43. The smallest absolute Gasteiger partial charge is 0.135 e. The van der Waals surface area contributed by atoms with Gasteiger partial charge in [-0.05, 0) is 41.7 Å². The van der Waals surface area contributed by atoms with E-state index >= 15 is 0 Å². The van der Waals surface area contributed by atoms with Gasteiger partial charge in [0.15, 0.2) is 0 Å². The highest BCUT2D eigenvalue weighted by atomic mass is 16.5. The van der Waals surface area contributed by atoms with Gasteiger partial charge in [0.1, 0.15) is 18.0 Å². The van der Waals surface area contributed by atoms with Crippen molar-refractivity contribution in [3.05, 3.63) is 77.6 Å². The maximum Gasteiger partial charge on any atom is 0.135 e. The second-order valence-corrected chi connectivity index (χ2v) is 9.60. The van der Waals surface area contributed by atoms with E-state index in [0.717, 1.165) is 63.0 Å². The van der Waals surface area contributed by atoms with Gasteiger partial charge in [0.25, 0.3) is 0 Å². The van der Waals surface area contributed by atoms with E-state index < -0.39 is 6.10 Å². The fourth-order valence-corrected chi connectivity index (χ4v) is 5.36. The lowest BCUT2D eigenvalue weighted by atomic mass is 9.94. The van der Waals surface area contributed by atoms with Gasteiger partial charge in [0, 0.05) is 49.9 Å². The number of hydrogen-bond donors (Lipinski definition) is 2. The summed E-state index contributed by atoms with van der Waals surface area (Å²) in [5, 5.41) is 14.4. The van der Waals surface area contributed by atoms with Gasteiger partial charge in [-0.2, -0.15) is 0 Å². The number of fused-ring (bicyclic) bond motifs is 1. The van der Waals surface area contributed by atoms with Crippen molar-refractivity contribution >= 4 is 17.3 Å². The van der Waals surface area contributed by atoms with Crippen LogP contribution in [0.4, 0.5) is 17.3 Å². The van der Waals surface area contributed by atoms with Crippen LogP contribution in [0, 0.1) is 0 Å². The third-order valence-corrected chi connectivity index (χ3v) is 7.44. The summed E-state index contributed by atoms with van der Waals surface area (Å²) in [6, 6.07) is 19.3. The molecule has 0 bridgehead atoms. The van der Waals surface area contributed by atoms with Crippen molar-refractivity contribution in [3.63, 3.8) is 0 Å². The number of hydrogen-bond acceptors (Lipinski definition) is 7. The molecule has 1 aromatic heterocycles. The number of β-amino-alcohol motifs (C(OH)–C–C–N with tert-alkyl or cyclic N) is 1. The first-order valence-electron chi connectivity index (χ1n) is 12.2. The Morgan fingerprint density at radius 2 is 1.79 bits per heavy atom. The third kappa shape index (κ3) is 4.39. The van der Waals surface area contributed by atoms with Crippen LogP contribution in [-0.2, 0) is 17.7 Å². The monoisotopic (exact) mass is 457 g/mol. The Hall–Kier alpha value is -3.00. The van der Waals surface area contributed by atoms with E-state index in [9.17, 15) is 5.11 Å². The summed E-state index contributed by atoms with van der Waals surface area (Å²) in [4.78, 5) is 13.5. The molecule has 176 valence electrons. The molecule has 0 amide bonds. The molecule has 0 spiro atoms. The molecule has 34 heavy (non-hydrogen) atoms. The highest BCUT2D eigenvalue weighted by molar-refractivity contribution is 5.60. The number of aromatic nitrogens is 2. The Labute approximate surface area is 200 Å². The van der Waals surface area contributed by atoms with Crippen molar-refractivity contribution in [3.8, 4) is 0 Å². The number of aliphatic hydroxyl groups is 1. The highest BCUT2D eigenvalue weighted by Gasteiger charge is 2.34. The minimum atomic E-state index is -0.409. The number of nitrogens with zero attached hydrogens (tertiary/aromatic N) is 4. The van der Waals surface area contributed by atoms with E-state index in [-0.39, 0.29) is 6.04 Å². The molecule has 0 saturated carbocycles. The predicted molar refractivity (Wildman–Crippen MR) is 132 cm³/mol. The van der Waals surface area contributed by atoms with E-state index in [1.807, 2.05) is 6.07 Å². The van der Waals surface area contributed by atoms with Gasteiger partial charge in [-0.25, -0.2) is 9.97 Å². The molecule has 3 aliphatic heterocycles. The van der Waals surface area contributed by atoms with Crippen LogP contribution in [0.15, 0.2) is 60.9 Å². The third-order valence-electron chi connectivity index (χ3n) is 7.44. The molecule has 3 aromatic rings. The Kier molecular flexibility index (Phi) is 5.91. The molecule has 4 heterocycles. The van der Waals surface area contributed by atoms with Gasteiger partial charge < -0.3 is 20.1 Å². The zero-order valence-corrected chi connectivity index (χ0v) is 19.3. The van der Waals surface area contributed by atoms with Gasteiger partial charge in [-0.1, -0.05) is 36.4 Å². The van der Waals surface area contributed by atoms with Crippen molar-refractivity contribution < 1.29 is 9.84 Å². The maximum absolute atomic E-state index is 11.1. The lowest BCUT2D eigenvalue weighted by molar-refractivity contribution is 0.00843. The number of piperidine rings is 1. The largest absolute Gasteiger partial charge is 0.390 e. The zero-order valence-electron chi connectivity index (χ0n) is 19.3. The molecule has 2 saturated heterocycles. The molecule has 2 fully saturated rings. The van der Waals surface area contributed by atoms with Crippen LogP contribution in [0.1, 0.15) is 29.0 Å². The highest BCUT2D eigenvalue weighted by Crippen LogP contribution is 2.29.